The van der Waals surface area contributed by atoms with Crippen molar-refractivity contribution < 1.29 is 67.3 Å². The maximum Gasteiger partial charge on any atom is 0.460 e. The minimum Gasteiger partial charge on any atom is -0.457 e. The van der Waals surface area contributed by atoms with Crippen LogP contribution in [-0.4, -0.2) is 47.6 Å². The Morgan fingerprint density at radius 2 is 1.38 bits per heavy atom. The van der Waals surface area contributed by atoms with Crippen molar-refractivity contribution in [1.29, 1.82) is 0 Å². The Morgan fingerprint density at radius 1 is 0.786 bits per heavy atom. The fraction of sp³-hybridized carbons (Fsp3) is 0.320. The summed E-state index contributed by atoms with van der Waals surface area (Å²) in [6.45, 7) is -4.47. The van der Waals surface area contributed by atoms with Gasteiger partial charge < -0.3 is 19.9 Å². The summed E-state index contributed by atoms with van der Waals surface area (Å²) in [4.78, 5) is 3.53. The van der Waals surface area contributed by atoms with Crippen LogP contribution in [-0.2, 0) is 5.92 Å². The standard InChI is InChI=1S/C25H18F12N2O3/c26-21(27)42-19-11-17(7-8-38-19)41-16-6-2-4-14(10-16)20(39-12-18(40)23(30,31)32)13-3-1-5-15(9-13)22(28,29)24(33,34)25(35,36)37/h1-11,18,20-21,39-40H,12H2. The molecule has 42 heavy (non-hydrogen) atoms. The number of halogens is 12. The van der Waals surface area contributed by atoms with Crippen molar-refractivity contribution in [1.82, 2.24) is 10.3 Å². The highest BCUT2D eigenvalue weighted by molar-refractivity contribution is 5.41. The van der Waals surface area contributed by atoms with Gasteiger partial charge in [-0.1, -0.05) is 30.3 Å². The highest BCUT2D eigenvalue weighted by atomic mass is 19.4. The van der Waals surface area contributed by atoms with Gasteiger partial charge in [-0.3, -0.25) is 0 Å². The number of nitrogens with zero attached hydrogens (tertiary/aromatic N) is 1. The monoisotopic (exact) mass is 622 g/mol. The molecule has 0 radical (unpaired) electrons. The van der Waals surface area contributed by atoms with Gasteiger partial charge in [-0.25, -0.2) is 4.98 Å². The third kappa shape index (κ3) is 7.56. The van der Waals surface area contributed by atoms with E-state index < -0.39 is 66.5 Å². The summed E-state index contributed by atoms with van der Waals surface area (Å²) in [6.07, 6.45) is -13.7. The summed E-state index contributed by atoms with van der Waals surface area (Å²) in [5.41, 5.74) is -2.35. The van der Waals surface area contributed by atoms with Crippen LogP contribution < -0.4 is 14.8 Å². The Hall–Kier alpha value is -3.73. The van der Waals surface area contributed by atoms with Crippen LogP contribution in [0, 0.1) is 0 Å². The highest BCUT2D eigenvalue weighted by Gasteiger charge is 2.73. The Bertz CT molecular complexity index is 1350. The Morgan fingerprint density at radius 3 is 1.98 bits per heavy atom. The van der Waals surface area contributed by atoms with E-state index in [1.165, 1.54) is 24.3 Å². The van der Waals surface area contributed by atoms with Gasteiger partial charge in [-0.05, 0) is 35.4 Å². The molecule has 5 nitrogen and oxygen atoms in total. The fourth-order valence-corrected chi connectivity index (χ4v) is 3.55. The SMILES string of the molecule is OC(CNC(c1cccc(Oc2ccnc(OC(F)F)c2)c1)c1cccc(C(F)(F)C(F)(F)C(F)(F)F)c1)C(F)(F)F. The van der Waals surface area contributed by atoms with Crippen molar-refractivity contribution in [3.05, 3.63) is 83.6 Å². The number of hydrogen-bond donors (Lipinski definition) is 2. The number of benzene rings is 2. The van der Waals surface area contributed by atoms with Crippen LogP contribution >= 0.6 is 0 Å². The lowest BCUT2D eigenvalue weighted by atomic mass is 9.93. The highest BCUT2D eigenvalue weighted by Crippen LogP contribution is 2.52. The van der Waals surface area contributed by atoms with Crippen LogP contribution in [0.25, 0.3) is 0 Å². The molecule has 0 aliphatic rings. The first-order valence-corrected chi connectivity index (χ1v) is 11.4. The van der Waals surface area contributed by atoms with Crippen molar-refractivity contribution in [3.8, 4) is 17.4 Å². The molecule has 230 valence electrons. The minimum atomic E-state index is -6.64. The van der Waals surface area contributed by atoms with Gasteiger partial charge >= 0.3 is 30.8 Å². The van der Waals surface area contributed by atoms with E-state index in [4.69, 9.17) is 4.74 Å². The summed E-state index contributed by atoms with van der Waals surface area (Å²) in [5, 5.41) is 11.7. The summed E-state index contributed by atoms with van der Waals surface area (Å²) in [5.74, 6) is -13.0. The molecule has 0 aliphatic heterocycles. The lowest BCUT2D eigenvalue weighted by molar-refractivity contribution is -0.359. The van der Waals surface area contributed by atoms with Gasteiger partial charge in [-0.2, -0.15) is 52.7 Å². The molecular formula is C25H18F12N2O3. The van der Waals surface area contributed by atoms with Crippen molar-refractivity contribution >= 4 is 0 Å². The van der Waals surface area contributed by atoms with Gasteiger partial charge in [0.25, 0.3) is 0 Å². The summed E-state index contributed by atoms with van der Waals surface area (Å²) < 4.78 is 168. The molecule has 3 aromatic rings. The molecule has 3 rings (SSSR count). The number of rotatable bonds is 11. The number of aliphatic hydroxyl groups is 1. The van der Waals surface area contributed by atoms with Crippen LogP contribution in [0.2, 0.25) is 0 Å². The van der Waals surface area contributed by atoms with Gasteiger partial charge in [0.15, 0.2) is 6.10 Å². The van der Waals surface area contributed by atoms with E-state index in [1.54, 1.807) is 0 Å². The maximum absolute atomic E-state index is 14.4. The van der Waals surface area contributed by atoms with Crippen LogP contribution in [0.1, 0.15) is 22.7 Å². The topological polar surface area (TPSA) is 63.6 Å². The molecule has 1 heterocycles. The number of aromatic nitrogens is 1. The molecule has 1 aromatic heterocycles. The zero-order chi connectivity index (χ0) is 31.5. The molecule has 0 fully saturated rings. The second-order valence-electron chi connectivity index (χ2n) is 8.55. The Balaban J connectivity index is 2.02. The van der Waals surface area contributed by atoms with E-state index in [0.29, 0.717) is 6.07 Å². The summed E-state index contributed by atoms with van der Waals surface area (Å²) in [6, 6.07) is 7.66. The molecule has 0 aliphatic carbocycles. The maximum atomic E-state index is 14.4. The van der Waals surface area contributed by atoms with Crippen LogP contribution in [0.5, 0.6) is 17.4 Å². The van der Waals surface area contributed by atoms with Gasteiger partial charge in [0.1, 0.15) is 11.5 Å². The van der Waals surface area contributed by atoms with E-state index in [0.717, 1.165) is 24.4 Å². The van der Waals surface area contributed by atoms with E-state index in [9.17, 15) is 57.8 Å². The quantitative estimate of drug-likeness (QED) is 0.219. The largest absolute Gasteiger partial charge is 0.460 e. The molecule has 0 saturated heterocycles. The molecule has 2 N–H and O–H groups in total. The first kappa shape index (κ1) is 32.8. The Kier molecular flexibility index (Phi) is 9.56. The lowest BCUT2D eigenvalue weighted by Gasteiger charge is -2.29. The first-order chi connectivity index (χ1) is 19.3. The second kappa shape index (κ2) is 12.2. The van der Waals surface area contributed by atoms with Crippen LogP contribution in [0.3, 0.4) is 0 Å². The van der Waals surface area contributed by atoms with Crippen molar-refractivity contribution in [2.75, 3.05) is 6.54 Å². The predicted molar refractivity (Wildman–Crippen MR) is 121 cm³/mol. The molecule has 17 heteroatoms. The molecule has 2 atom stereocenters. The molecule has 0 bridgehead atoms. The zero-order valence-corrected chi connectivity index (χ0v) is 20.5. The number of pyridine rings is 1. The van der Waals surface area contributed by atoms with E-state index in [-0.39, 0.29) is 29.2 Å². The fourth-order valence-electron chi connectivity index (χ4n) is 3.55. The zero-order valence-electron chi connectivity index (χ0n) is 20.5. The number of aliphatic hydroxyl groups excluding tert-OH is 1. The van der Waals surface area contributed by atoms with E-state index in [2.05, 4.69) is 15.0 Å². The second-order valence-corrected chi connectivity index (χ2v) is 8.55. The Labute approximate surface area is 228 Å². The number of nitrogens with one attached hydrogen (secondary N) is 1. The number of alkyl halides is 12. The predicted octanol–water partition coefficient (Wildman–Crippen LogP) is 7.37. The van der Waals surface area contributed by atoms with Crippen molar-refractivity contribution in [2.45, 2.75) is 43.0 Å². The van der Waals surface area contributed by atoms with Crippen LogP contribution in [0.4, 0.5) is 52.7 Å². The molecule has 0 saturated carbocycles. The van der Waals surface area contributed by atoms with Crippen LogP contribution in [0.15, 0.2) is 66.9 Å². The van der Waals surface area contributed by atoms with Gasteiger partial charge in [0, 0.05) is 24.4 Å². The van der Waals surface area contributed by atoms with Crippen molar-refractivity contribution in [2.24, 2.45) is 0 Å². The third-order valence-electron chi connectivity index (χ3n) is 5.57. The molecule has 0 spiro atoms. The summed E-state index contributed by atoms with van der Waals surface area (Å²) in [7, 11) is 0. The number of hydrogen-bond acceptors (Lipinski definition) is 5. The first-order valence-electron chi connectivity index (χ1n) is 11.4. The average molecular weight is 622 g/mol. The van der Waals surface area contributed by atoms with E-state index >= 15 is 0 Å². The lowest BCUT2D eigenvalue weighted by Crippen LogP contribution is -2.50. The number of ether oxygens (including phenoxy) is 2. The molecule has 0 amide bonds. The van der Waals surface area contributed by atoms with E-state index in [1.807, 2.05) is 0 Å². The summed E-state index contributed by atoms with van der Waals surface area (Å²) >= 11 is 0. The normalized spacial score (nSPS) is 14.5. The van der Waals surface area contributed by atoms with Gasteiger partial charge in [-0.15, -0.1) is 0 Å². The average Bonchev–Trinajstić information content (AvgIpc) is 2.87. The minimum absolute atomic E-state index is 0.0805. The molecule has 2 unspecified atom stereocenters. The third-order valence-corrected chi connectivity index (χ3v) is 5.57. The van der Waals surface area contributed by atoms with Gasteiger partial charge in [0.05, 0.1) is 6.04 Å². The van der Waals surface area contributed by atoms with Crippen molar-refractivity contribution in [3.63, 3.8) is 0 Å². The molecule has 2 aromatic carbocycles. The van der Waals surface area contributed by atoms with Gasteiger partial charge in [0.2, 0.25) is 5.88 Å². The smallest absolute Gasteiger partial charge is 0.457 e. The molecular weight excluding hydrogens is 604 g/mol.